The molecule has 24 heavy (non-hydrogen) atoms. The van der Waals surface area contributed by atoms with Crippen LogP contribution in [0.1, 0.15) is 59.8 Å². The van der Waals surface area contributed by atoms with Crippen molar-refractivity contribution in [2.24, 2.45) is 11.8 Å². The molecule has 0 aromatic carbocycles. The molecule has 0 aromatic rings. The van der Waals surface area contributed by atoms with Crippen LogP contribution in [0.15, 0.2) is 12.2 Å². The van der Waals surface area contributed by atoms with Gasteiger partial charge in [0.15, 0.2) is 0 Å². The van der Waals surface area contributed by atoms with Crippen molar-refractivity contribution < 1.29 is 19.1 Å². The Balaban J connectivity index is 2.26. The van der Waals surface area contributed by atoms with Gasteiger partial charge in [0.1, 0.15) is 5.60 Å². The summed E-state index contributed by atoms with van der Waals surface area (Å²) in [4.78, 5) is 24.9. The molecule has 1 aliphatic carbocycles. The molecule has 0 aromatic heterocycles. The van der Waals surface area contributed by atoms with Crippen molar-refractivity contribution in [3.8, 4) is 0 Å². The third kappa shape index (κ3) is 8.37. The smallest absolute Gasteiger partial charge is 0.410 e. The Hall–Kier alpha value is -1.52. The molecule has 0 saturated heterocycles. The van der Waals surface area contributed by atoms with Crippen molar-refractivity contribution in [1.29, 1.82) is 0 Å². The van der Waals surface area contributed by atoms with Gasteiger partial charge in [-0.3, -0.25) is 0 Å². The van der Waals surface area contributed by atoms with Gasteiger partial charge in [0.25, 0.3) is 0 Å². The lowest BCUT2D eigenvalue weighted by Crippen LogP contribution is -2.35. The maximum atomic E-state index is 11.9. The number of esters is 1. The van der Waals surface area contributed by atoms with Gasteiger partial charge in [-0.25, -0.2) is 9.59 Å². The fraction of sp³-hybridized carbons (Fsp3) is 0.789. The van der Waals surface area contributed by atoms with E-state index >= 15 is 0 Å². The lowest BCUT2D eigenvalue weighted by molar-refractivity contribution is -0.137. The van der Waals surface area contributed by atoms with Crippen LogP contribution in [-0.2, 0) is 14.3 Å². The molecule has 0 aliphatic heterocycles. The Morgan fingerprint density at radius 3 is 2.33 bits per heavy atom. The molecule has 0 bridgehead atoms. The standard InChI is InChI=1S/C19H33NO4/c1-6-23-17(21)12-11-15-7-9-16(10-8-15)13-14-20(5)18(22)24-19(2,3)4/h11-12,15-16H,6-10,13-14H2,1-5H3/t15-,16-. The zero-order valence-corrected chi connectivity index (χ0v) is 15.8. The van der Waals surface area contributed by atoms with Gasteiger partial charge in [-0.2, -0.15) is 0 Å². The Bertz CT molecular complexity index is 431. The molecular weight excluding hydrogens is 306 g/mol. The molecule has 1 amide bonds. The minimum atomic E-state index is -0.450. The fourth-order valence-electron chi connectivity index (χ4n) is 2.88. The second-order valence-electron chi connectivity index (χ2n) is 7.58. The molecule has 5 heteroatoms. The minimum Gasteiger partial charge on any atom is -0.463 e. The van der Waals surface area contributed by atoms with Gasteiger partial charge in [0, 0.05) is 19.7 Å². The topological polar surface area (TPSA) is 55.8 Å². The van der Waals surface area contributed by atoms with E-state index in [1.54, 1.807) is 18.0 Å². The van der Waals surface area contributed by atoms with E-state index in [1.807, 2.05) is 33.8 Å². The molecule has 1 fully saturated rings. The molecule has 0 unspecified atom stereocenters. The lowest BCUT2D eigenvalue weighted by Gasteiger charge is -2.29. The lowest BCUT2D eigenvalue weighted by atomic mass is 9.80. The second kappa shape index (κ2) is 9.70. The molecule has 5 nitrogen and oxygen atoms in total. The molecule has 1 saturated carbocycles. The summed E-state index contributed by atoms with van der Waals surface area (Å²) in [5, 5.41) is 0. The highest BCUT2D eigenvalue weighted by atomic mass is 16.6. The maximum Gasteiger partial charge on any atom is 0.410 e. The number of rotatable bonds is 6. The summed E-state index contributed by atoms with van der Waals surface area (Å²) in [7, 11) is 1.79. The zero-order chi connectivity index (χ0) is 18.2. The number of nitrogens with zero attached hydrogens (tertiary/aromatic N) is 1. The highest BCUT2D eigenvalue weighted by Gasteiger charge is 2.23. The van der Waals surface area contributed by atoms with Crippen LogP contribution in [0.3, 0.4) is 0 Å². The SMILES string of the molecule is CCOC(=O)C=C[C@H]1CC[C@H](CCN(C)C(=O)OC(C)(C)C)CC1. The Labute approximate surface area is 146 Å². The van der Waals surface area contributed by atoms with Gasteiger partial charge in [0.2, 0.25) is 0 Å². The summed E-state index contributed by atoms with van der Waals surface area (Å²) in [6.45, 7) is 8.59. The van der Waals surface area contributed by atoms with Gasteiger partial charge in [-0.05, 0) is 71.6 Å². The average Bonchev–Trinajstić information content (AvgIpc) is 2.50. The summed E-state index contributed by atoms with van der Waals surface area (Å²) < 4.78 is 10.3. The van der Waals surface area contributed by atoms with Crippen molar-refractivity contribution >= 4 is 12.1 Å². The number of carbonyl (C=O) groups is 2. The largest absolute Gasteiger partial charge is 0.463 e. The van der Waals surface area contributed by atoms with Gasteiger partial charge in [0.05, 0.1) is 6.61 Å². The first-order valence-electron chi connectivity index (χ1n) is 9.00. The first-order valence-corrected chi connectivity index (χ1v) is 9.00. The van der Waals surface area contributed by atoms with Crippen LogP contribution in [0.25, 0.3) is 0 Å². The Kier molecular flexibility index (Phi) is 8.29. The summed E-state index contributed by atoms with van der Waals surface area (Å²) >= 11 is 0. The third-order valence-corrected chi connectivity index (χ3v) is 4.26. The van der Waals surface area contributed by atoms with Crippen LogP contribution in [0.2, 0.25) is 0 Å². The van der Waals surface area contributed by atoms with Gasteiger partial charge >= 0.3 is 12.1 Å². The number of hydrogen-bond donors (Lipinski definition) is 0. The van der Waals surface area contributed by atoms with E-state index in [2.05, 4.69) is 0 Å². The predicted molar refractivity (Wildman–Crippen MR) is 94.7 cm³/mol. The molecule has 0 radical (unpaired) electrons. The minimum absolute atomic E-state index is 0.251. The number of hydrogen-bond acceptors (Lipinski definition) is 4. The van der Waals surface area contributed by atoms with E-state index in [-0.39, 0.29) is 12.1 Å². The van der Waals surface area contributed by atoms with Crippen LogP contribution in [0, 0.1) is 11.8 Å². The normalized spacial score (nSPS) is 21.5. The summed E-state index contributed by atoms with van der Waals surface area (Å²) in [6, 6.07) is 0. The fourth-order valence-corrected chi connectivity index (χ4v) is 2.88. The summed E-state index contributed by atoms with van der Waals surface area (Å²) in [6.07, 6.45) is 8.76. The highest BCUT2D eigenvalue weighted by Crippen LogP contribution is 2.31. The number of ether oxygens (including phenoxy) is 2. The van der Waals surface area contributed by atoms with Crippen LogP contribution >= 0.6 is 0 Å². The molecule has 0 spiro atoms. The number of amides is 1. The summed E-state index contributed by atoms with van der Waals surface area (Å²) in [5.41, 5.74) is -0.450. The Morgan fingerprint density at radius 1 is 1.17 bits per heavy atom. The molecule has 1 aliphatic rings. The van der Waals surface area contributed by atoms with Crippen molar-refractivity contribution in [3.63, 3.8) is 0 Å². The van der Waals surface area contributed by atoms with Gasteiger partial charge in [-0.15, -0.1) is 0 Å². The predicted octanol–water partition coefficient (Wildman–Crippen LogP) is 4.17. The van der Waals surface area contributed by atoms with Crippen molar-refractivity contribution in [2.75, 3.05) is 20.2 Å². The highest BCUT2D eigenvalue weighted by molar-refractivity contribution is 5.81. The zero-order valence-electron chi connectivity index (χ0n) is 15.8. The van der Waals surface area contributed by atoms with Crippen molar-refractivity contribution in [1.82, 2.24) is 4.90 Å². The molecule has 138 valence electrons. The number of allylic oxidation sites excluding steroid dienone is 1. The van der Waals surface area contributed by atoms with Crippen LogP contribution in [0.4, 0.5) is 4.79 Å². The van der Waals surface area contributed by atoms with Crippen molar-refractivity contribution in [2.45, 2.75) is 65.4 Å². The third-order valence-electron chi connectivity index (χ3n) is 4.26. The molecule has 1 rings (SSSR count). The summed E-state index contributed by atoms with van der Waals surface area (Å²) in [5.74, 6) is 0.856. The Morgan fingerprint density at radius 2 is 1.79 bits per heavy atom. The van der Waals surface area contributed by atoms with Gasteiger partial charge in [-0.1, -0.05) is 6.08 Å². The van der Waals surface area contributed by atoms with Crippen molar-refractivity contribution in [3.05, 3.63) is 12.2 Å². The first kappa shape index (κ1) is 20.5. The van der Waals surface area contributed by atoms with Crippen LogP contribution < -0.4 is 0 Å². The van der Waals surface area contributed by atoms with Crippen LogP contribution in [-0.4, -0.2) is 42.8 Å². The van der Waals surface area contributed by atoms with E-state index in [4.69, 9.17) is 9.47 Å². The van der Waals surface area contributed by atoms with E-state index < -0.39 is 5.60 Å². The molecule has 0 heterocycles. The maximum absolute atomic E-state index is 11.9. The van der Waals surface area contributed by atoms with E-state index in [0.717, 1.165) is 38.6 Å². The quantitative estimate of drug-likeness (QED) is 0.538. The van der Waals surface area contributed by atoms with E-state index in [1.165, 1.54) is 0 Å². The number of carbonyl (C=O) groups excluding carboxylic acids is 2. The average molecular weight is 339 g/mol. The first-order chi connectivity index (χ1) is 11.2. The monoisotopic (exact) mass is 339 g/mol. The van der Waals surface area contributed by atoms with Crippen LogP contribution in [0.5, 0.6) is 0 Å². The molecular formula is C19H33NO4. The molecule has 0 atom stereocenters. The molecule has 0 N–H and O–H groups in total. The second-order valence-corrected chi connectivity index (χ2v) is 7.58. The van der Waals surface area contributed by atoms with E-state index in [9.17, 15) is 9.59 Å². The van der Waals surface area contributed by atoms with E-state index in [0.29, 0.717) is 18.4 Å². The van der Waals surface area contributed by atoms with Gasteiger partial charge < -0.3 is 14.4 Å².